The number of nitrogens with one attached hydrogen (secondary N) is 1. The minimum absolute atomic E-state index is 0.0907. The molecule has 0 aliphatic heterocycles. The maximum atomic E-state index is 12.8. The van der Waals surface area contributed by atoms with Gasteiger partial charge in [-0.1, -0.05) is 53.7 Å². The highest BCUT2D eigenvalue weighted by Gasteiger charge is 2.31. The van der Waals surface area contributed by atoms with E-state index in [9.17, 15) is 18.0 Å². The Hall–Kier alpha value is -3.57. The molecule has 36 heavy (non-hydrogen) atoms. The Morgan fingerprint density at radius 2 is 1.83 bits per heavy atom. The number of aromatic nitrogens is 4. The molecule has 0 radical (unpaired) electrons. The Morgan fingerprint density at radius 3 is 2.47 bits per heavy atom. The van der Waals surface area contributed by atoms with Crippen LogP contribution in [0.3, 0.4) is 0 Å². The first-order chi connectivity index (χ1) is 17.2. The number of alkyl halides is 3. The van der Waals surface area contributed by atoms with E-state index in [0.29, 0.717) is 23.6 Å². The number of thioether (sulfide) groups is 1. The number of nitrogens with zero attached hydrogens (tertiary/aromatic N) is 4. The molecule has 0 bridgehead atoms. The molecule has 2 aromatic heterocycles. The van der Waals surface area contributed by atoms with Gasteiger partial charge in [0.15, 0.2) is 11.0 Å². The maximum absolute atomic E-state index is 12.8. The van der Waals surface area contributed by atoms with Crippen LogP contribution in [0, 0.1) is 0 Å². The number of carbonyl (C=O) groups is 1. The quantitative estimate of drug-likeness (QED) is 0.294. The van der Waals surface area contributed by atoms with Gasteiger partial charge in [-0.2, -0.15) is 13.2 Å². The average molecular weight is 534 g/mol. The van der Waals surface area contributed by atoms with Crippen molar-refractivity contribution in [2.24, 2.45) is 0 Å². The highest BCUT2D eigenvalue weighted by molar-refractivity contribution is 7.99. The Morgan fingerprint density at radius 1 is 1.11 bits per heavy atom. The van der Waals surface area contributed by atoms with Gasteiger partial charge in [-0.05, 0) is 35.9 Å². The number of anilines is 1. The largest absolute Gasteiger partial charge is 0.497 e. The number of methoxy groups -OCH3 is 1. The van der Waals surface area contributed by atoms with E-state index < -0.39 is 17.6 Å². The van der Waals surface area contributed by atoms with Crippen molar-refractivity contribution in [2.45, 2.75) is 17.8 Å². The molecule has 0 aliphatic carbocycles. The zero-order valence-electron chi connectivity index (χ0n) is 18.8. The van der Waals surface area contributed by atoms with Crippen LogP contribution < -0.4 is 10.1 Å². The molecule has 0 fully saturated rings. The van der Waals surface area contributed by atoms with Crippen LogP contribution in [0.25, 0.3) is 5.69 Å². The summed E-state index contributed by atoms with van der Waals surface area (Å²) in [4.78, 5) is 16.1. The molecule has 0 unspecified atom stereocenters. The molecule has 0 atom stereocenters. The van der Waals surface area contributed by atoms with Gasteiger partial charge in [0, 0.05) is 18.3 Å². The standard InChI is InChI=1S/C24H19ClF3N5O2S/c1-35-18-9-7-15(8-10-18)11-20-31-32-23(33(20)17-5-3-2-4-6-17)36-14-21(34)30-22-19(25)12-16(13-29-22)24(26,27)28/h2-10,12-13H,11,14H2,1H3,(H,29,30,34). The molecule has 4 aromatic rings. The molecule has 0 spiro atoms. The second-order valence-electron chi connectivity index (χ2n) is 7.48. The van der Waals surface area contributed by atoms with Crippen LogP contribution in [0.5, 0.6) is 5.75 Å². The lowest BCUT2D eigenvalue weighted by Gasteiger charge is -2.11. The highest BCUT2D eigenvalue weighted by atomic mass is 35.5. The van der Waals surface area contributed by atoms with E-state index in [0.717, 1.165) is 34.8 Å². The molecule has 2 heterocycles. The van der Waals surface area contributed by atoms with Crippen molar-refractivity contribution in [3.05, 3.63) is 88.8 Å². The lowest BCUT2D eigenvalue weighted by Crippen LogP contribution is -2.16. The number of hydrogen-bond donors (Lipinski definition) is 1. The zero-order chi connectivity index (χ0) is 25.7. The van der Waals surface area contributed by atoms with Crippen LogP contribution in [0.15, 0.2) is 72.0 Å². The van der Waals surface area contributed by atoms with Crippen LogP contribution >= 0.6 is 23.4 Å². The van der Waals surface area contributed by atoms with Crippen molar-refractivity contribution >= 4 is 35.1 Å². The van der Waals surface area contributed by atoms with Gasteiger partial charge in [-0.3, -0.25) is 9.36 Å². The zero-order valence-corrected chi connectivity index (χ0v) is 20.4. The van der Waals surface area contributed by atoms with Gasteiger partial charge >= 0.3 is 6.18 Å². The van der Waals surface area contributed by atoms with E-state index in [1.54, 1.807) is 7.11 Å². The molecular weight excluding hydrogens is 515 g/mol. The molecule has 1 N–H and O–H groups in total. The SMILES string of the molecule is COc1ccc(Cc2nnc(SCC(=O)Nc3ncc(C(F)(F)F)cc3Cl)n2-c2ccccc2)cc1. The Kier molecular flexibility index (Phi) is 7.80. The summed E-state index contributed by atoms with van der Waals surface area (Å²) < 4.78 is 45.5. The van der Waals surface area contributed by atoms with Crippen molar-refractivity contribution in [1.29, 1.82) is 0 Å². The number of para-hydroxylation sites is 1. The van der Waals surface area contributed by atoms with Crippen LogP contribution in [0.4, 0.5) is 19.0 Å². The predicted octanol–water partition coefficient (Wildman–Crippen LogP) is 5.66. The summed E-state index contributed by atoms with van der Waals surface area (Å²) in [6.07, 6.45) is -3.48. The van der Waals surface area contributed by atoms with E-state index >= 15 is 0 Å². The second-order valence-corrected chi connectivity index (χ2v) is 8.83. The first kappa shape index (κ1) is 25.5. The van der Waals surface area contributed by atoms with Gasteiger partial charge in [-0.25, -0.2) is 4.98 Å². The first-order valence-corrected chi connectivity index (χ1v) is 11.9. The number of benzene rings is 2. The lowest BCUT2D eigenvalue weighted by molar-refractivity contribution is -0.137. The van der Waals surface area contributed by atoms with Crippen molar-refractivity contribution in [1.82, 2.24) is 19.7 Å². The van der Waals surface area contributed by atoms with Gasteiger partial charge in [0.05, 0.1) is 23.4 Å². The third kappa shape index (κ3) is 6.16. The molecule has 0 saturated carbocycles. The molecule has 4 rings (SSSR count). The minimum atomic E-state index is -4.58. The fourth-order valence-electron chi connectivity index (χ4n) is 3.25. The molecule has 2 aromatic carbocycles. The highest BCUT2D eigenvalue weighted by Crippen LogP contribution is 2.32. The fraction of sp³-hybridized carbons (Fsp3) is 0.167. The van der Waals surface area contributed by atoms with Crippen molar-refractivity contribution in [3.8, 4) is 11.4 Å². The first-order valence-electron chi connectivity index (χ1n) is 10.5. The summed E-state index contributed by atoms with van der Waals surface area (Å²) in [7, 11) is 1.60. The van der Waals surface area contributed by atoms with E-state index in [1.807, 2.05) is 59.2 Å². The third-order valence-electron chi connectivity index (χ3n) is 4.99. The van der Waals surface area contributed by atoms with Crippen molar-refractivity contribution < 1.29 is 22.7 Å². The Labute approximate surface area is 213 Å². The average Bonchev–Trinajstić information content (AvgIpc) is 3.26. The van der Waals surface area contributed by atoms with Crippen molar-refractivity contribution in [3.63, 3.8) is 0 Å². The lowest BCUT2D eigenvalue weighted by atomic mass is 10.1. The van der Waals surface area contributed by atoms with Gasteiger partial charge in [0.1, 0.15) is 11.6 Å². The number of pyridine rings is 1. The molecular formula is C24H19ClF3N5O2S. The summed E-state index contributed by atoms with van der Waals surface area (Å²) in [5.74, 6) is 0.662. The van der Waals surface area contributed by atoms with Gasteiger partial charge < -0.3 is 10.1 Å². The summed E-state index contributed by atoms with van der Waals surface area (Å²) >= 11 is 7.01. The number of hydrogen-bond acceptors (Lipinski definition) is 6. The predicted molar refractivity (Wildman–Crippen MR) is 131 cm³/mol. The van der Waals surface area contributed by atoms with Crippen LogP contribution in [0.1, 0.15) is 17.0 Å². The summed E-state index contributed by atoms with van der Waals surface area (Å²) in [6.45, 7) is 0. The van der Waals surface area contributed by atoms with E-state index in [4.69, 9.17) is 16.3 Å². The van der Waals surface area contributed by atoms with Gasteiger partial charge in [0.25, 0.3) is 0 Å². The summed E-state index contributed by atoms with van der Waals surface area (Å²) in [5.41, 5.74) is 0.819. The van der Waals surface area contributed by atoms with Crippen LogP contribution in [-0.2, 0) is 17.4 Å². The van der Waals surface area contributed by atoms with E-state index in [1.165, 1.54) is 0 Å². The number of rotatable bonds is 8. The minimum Gasteiger partial charge on any atom is -0.497 e. The smallest absolute Gasteiger partial charge is 0.417 e. The monoisotopic (exact) mass is 533 g/mol. The molecule has 0 aliphatic rings. The van der Waals surface area contributed by atoms with Gasteiger partial charge in [0.2, 0.25) is 5.91 Å². The van der Waals surface area contributed by atoms with Gasteiger partial charge in [-0.15, -0.1) is 10.2 Å². The topological polar surface area (TPSA) is 81.9 Å². The van der Waals surface area contributed by atoms with E-state index in [2.05, 4.69) is 20.5 Å². The van der Waals surface area contributed by atoms with Crippen molar-refractivity contribution in [2.75, 3.05) is 18.2 Å². The Bertz CT molecular complexity index is 1350. The number of amides is 1. The normalized spacial score (nSPS) is 11.4. The molecule has 1 amide bonds. The van der Waals surface area contributed by atoms with Crippen LogP contribution in [0.2, 0.25) is 5.02 Å². The number of halogens is 4. The molecule has 0 saturated heterocycles. The maximum Gasteiger partial charge on any atom is 0.417 e. The molecule has 7 nitrogen and oxygen atoms in total. The van der Waals surface area contributed by atoms with Crippen LogP contribution in [-0.4, -0.2) is 38.5 Å². The van der Waals surface area contributed by atoms with E-state index in [-0.39, 0.29) is 16.6 Å². The number of carbonyl (C=O) groups excluding carboxylic acids is 1. The fourth-order valence-corrected chi connectivity index (χ4v) is 4.24. The number of ether oxygens (including phenoxy) is 1. The second kappa shape index (κ2) is 11.0. The summed E-state index contributed by atoms with van der Waals surface area (Å²) in [5, 5.41) is 11.2. The molecule has 12 heteroatoms. The molecule has 186 valence electrons. The third-order valence-corrected chi connectivity index (χ3v) is 6.21. The summed E-state index contributed by atoms with van der Waals surface area (Å²) in [6, 6.07) is 17.8. The Balaban J connectivity index is 1.50.